The summed E-state index contributed by atoms with van der Waals surface area (Å²) in [6.45, 7) is 3.61. The van der Waals surface area contributed by atoms with Gasteiger partial charge < -0.3 is 11.1 Å². The number of hydrogen-bond donors (Lipinski definition) is 2. The van der Waals surface area contributed by atoms with E-state index in [0.717, 1.165) is 5.56 Å². The van der Waals surface area contributed by atoms with Crippen molar-refractivity contribution in [1.29, 1.82) is 0 Å². The van der Waals surface area contributed by atoms with Gasteiger partial charge in [-0.1, -0.05) is 25.0 Å². The number of nitrogens with one attached hydrogen (secondary N) is 1. The van der Waals surface area contributed by atoms with Gasteiger partial charge in [-0.15, -0.1) is 0 Å². The molecule has 3 N–H and O–H groups in total. The zero-order valence-electron chi connectivity index (χ0n) is 15.0. The van der Waals surface area contributed by atoms with Gasteiger partial charge in [0.25, 0.3) is 0 Å². The van der Waals surface area contributed by atoms with Crippen molar-refractivity contribution in [1.82, 2.24) is 4.98 Å². The zero-order valence-corrected chi connectivity index (χ0v) is 15.8. The molecule has 1 fully saturated rings. The van der Waals surface area contributed by atoms with Gasteiger partial charge >= 0.3 is 0 Å². The van der Waals surface area contributed by atoms with Gasteiger partial charge in [0, 0.05) is 0 Å². The number of amides is 1. The maximum absolute atomic E-state index is 13.5. The zero-order chi connectivity index (χ0) is 18.9. The number of anilines is 2. The Kier molecular flexibility index (Phi) is 4.75. The molecule has 1 aliphatic rings. The second kappa shape index (κ2) is 6.72. The van der Waals surface area contributed by atoms with Crippen LogP contribution in [0.4, 0.5) is 11.5 Å². The lowest BCUT2D eigenvalue weighted by Gasteiger charge is -2.28. The molecular weight excluding hydrogens is 350 g/mol. The van der Waals surface area contributed by atoms with Gasteiger partial charge in [-0.25, -0.2) is 13.4 Å². The van der Waals surface area contributed by atoms with Crippen molar-refractivity contribution in [2.45, 2.75) is 49.2 Å². The van der Waals surface area contributed by atoms with E-state index in [9.17, 15) is 13.2 Å². The van der Waals surface area contributed by atoms with Gasteiger partial charge in [-0.3, -0.25) is 4.79 Å². The molecule has 1 aliphatic carbocycles. The molecule has 1 aromatic carbocycles. The third-order valence-electron chi connectivity index (χ3n) is 5.02. The molecule has 7 heteroatoms. The number of aromatic nitrogens is 1. The molecule has 0 spiro atoms. The second-order valence-corrected chi connectivity index (χ2v) is 9.13. The maximum Gasteiger partial charge on any atom is 0.246 e. The van der Waals surface area contributed by atoms with Gasteiger partial charge in [-0.05, 0) is 56.0 Å². The summed E-state index contributed by atoms with van der Waals surface area (Å²) in [6.07, 6.45) is 3.48. The average Bonchev–Trinajstić information content (AvgIpc) is 3.11. The normalized spacial score (nSPS) is 16.4. The summed E-state index contributed by atoms with van der Waals surface area (Å²) >= 11 is 0. The van der Waals surface area contributed by atoms with E-state index in [1.165, 1.54) is 6.20 Å². The molecular formula is C19H23N3O3S. The highest BCUT2D eigenvalue weighted by atomic mass is 32.2. The van der Waals surface area contributed by atoms with Crippen LogP contribution in [-0.2, 0) is 14.6 Å². The lowest BCUT2D eigenvalue weighted by molar-refractivity contribution is -0.118. The molecule has 1 aromatic heterocycles. The van der Waals surface area contributed by atoms with E-state index in [1.54, 1.807) is 31.2 Å². The first kappa shape index (κ1) is 18.4. The van der Waals surface area contributed by atoms with Crippen LogP contribution in [-0.4, -0.2) is 24.1 Å². The molecule has 0 bridgehead atoms. The third kappa shape index (κ3) is 3.07. The number of hydrogen-bond acceptors (Lipinski definition) is 5. The topological polar surface area (TPSA) is 102 Å². The summed E-state index contributed by atoms with van der Waals surface area (Å²) in [6, 6.07) is 8.49. The second-order valence-electron chi connectivity index (χ2n) is 6.90. The molecule has 3 rings (SSSR count). The van der Waals surface area contributed by atoms with Gasteiger partial charge in [0.2, 0.25) is 5.91 Å². The Balaban J connectivity index is 2.03. The summed E-state index contributed by atoms with van der Waals surface area (Å²) in [7, 11) is -3.84. The van der Waals surface area contributed by atoms with Crippen molar-refractivity contribution in [3.8, 4) is 0 Å². The van der Waals surface area contributed by atoms with Gasteiger partial charge in [0.1, 0.15) is 5.82 Å². The number of nitrogens with zero attached hydrogens (tertiary/aromatic N) is 1. The Morgan fingerprint density at radius 3 is 2.46 bits per heavy atom. The van der Waals surface area contributed by atoms with E-state index in [4.69, 9.17) is 5.73 Å². The van der Waals surface area contributed by atoms with Crippen LogP contribution in [0.2, 0.25) is 0 Å². The molecule has 0 saturated heterocycles. The van der Waals surface area contributed by atoms with Crippen molar-refractivity contribution in [3.63, 3.8) is 0 Å². The lowest BCUT2D eigenvalue weighted by atomic mass is 10.1. The molecule has 1 saturated carbocycles. The molecule has 6 nitrogen and oxygen atoms in total. The number of carbonyl (C=O) groups excluding carboxylic acids is 1. The Bertz CT molecular complexity index is 931. The molecule has 0 aliphatic heterocycles. The Labute approximate surface area is 153 Å². The first-order valence-electron chi connectivity index (χ1n) is 8.61. The average molecular weight is 373 g/mol. The smallest absolute Gasteiger partial charge is 0.246 e. The van der Waals surface area contributed by atoms with Gasteiger partial charge in [0.15, 0.2) is 14.6 Å². The van der Waals surface area contributed by atoms with E-state index in [0.29, 0.717) is 42.8 Å². The predicted octanol–water partition coefficient (Wildman–Crippen LogP) is 3.01. The summed E-state index contributed by atoms with van der Waals surface area (Å²) < 4.78 is 25.6. The molecule has 0 atom stereocenters. The summed E-state index contributed by atoms with van der Waals surface area (Å²) in [4.78, 5) is 17.3. The van der Waals surface area contributed by atoms with Gasteiger partial charge in [-0.2, -0.15) is 0 Å². The molecule has 1 amide bonds. The van der Waals surface area contributed by atoms with Crippen molar-refractivity contribution in [2.75, 3.05) is 11.1 Å². The fourth-order valence-electron chi connectivity index (χ4n) is 3.50. The summed E-state index contributed by atoms with van der Waals surface area (Å²) in [5, 5.41) is 2.73. The third-order valence-corrected chi connectivity index (χ3v) is 7.66. The first-order chi connectivity index (χ1) is 12.3. The van der Waals surface area contributed by atoms with Crippen molar-refractivity contribution < 1.29 is 13.2 Å². The minimum absolute atomic E-state index is 0.241. The largest absolute Gasteiger partial charge is 0.384 e. The van der Waals surface area contributed by atoms with E-state index >= 15 is 0 Å². The Morgan fingerprint density at radius 2 is 1.85 bits per heavy atom. The van der Waals surface area contributed by atoms with Crippen LogP contribution in [0.5, 0.6) is 0 Å². The fraction of sp³-hybridized carbons (Fsp3) is 0.368. The molecule has 2 aromatic rings. The number of pyridine rings is 1. The summed E-state index contributed by atoms with van der Waals surface area (Å²) in [5.74, 6) is -0.163. The Morgan fingerprint density at radius 1 is 1.15 bits per heavy atom. The minimum Gasteiger partial charge on any atom is -0.384 e. The number of carbonyl (C=O) groups is 1. The van der Waals surface area contributed by atoms with E-state index in [1.807, 2.05) is 13.0 Å². The molecule has 138 valence electrons. The number of benzene rings is 1. The summed E-state index contributed by atoms with van der Waals surface area (Å²) in [5.41, 5.74) is 7.51. The van der Waals surface area contributed by atoms with Crippen molar-refractivity contribution >= 4 is 27.2 Å². The fourth-order valence-corrected chi connectivity index (χ4v) is 5.87. The van der Waals surface area contributed by atoms with Crippen molar-refractivity contribution in [3.05, 3.63) is 47.7 Å². The molecule has 0 unspecified atom stereocenters. The number of rotatable bonds is 4. The van der Waals surface area contributed by atoms with Crippen molar-refractivity contribution in [2.24, 2.45) is 0 Å². The first-order valence-corrected chi connectivity index (χ1v) is 10.1. The highest BCUT2D eigenvalue weighted by molar-refractivity contribution is 7.93. The van der Waals surface area contributed by atoms with E-state index in [-0.39, 0.29) is 4.90 Å². The predicted molar refractivity (Wildman–Crippen MR) is 102 cm³/mol. The highest BCUT2D eigenvalue weighted by Gasteiger charge is 2.53. The van der Waals surface area contributed by atoms with E-state index in [2.05, 4.69) is 10.3 Å². The van der Waals surface area contributed by atoms with E-state index < -0.39 is 20.5 Å². The van der Waals surface area contributed by atoms with Crippen LogP contribution in [0.3, 0.4) is 0 Å². The number of nitrogens with two attached hydrogens (primary N) is 1. The monoisotopic (exact) mass is 373 g/mol. The Hall–Kier alpha value is -2.41. The SMILES string of the molecule is Cc1ccc(C)c(S(=O)(=O)C2(C(=O)Nc3ccc(N)nc3)CCCC2)c1. The van der Waals surface area contributed by atoms with Crippen LogP contribution in [0.25, 0.3) is 0 Å². The van der Waals surface area contributed by atoms with Crippen LogP contribution in [0, 0.1) is 13.8 Å². The maximum atomic E-state index is 13.5. The molecule has 1 heterocycles. The minimum atomic E-state index is -3.84. The molecule has 26 heavy (non-hydrogen) atoms. The van der Waals surface area contributed by atoms with Gasteiger partial charge in [0.05, 0.1) is 16.8 Å². The van der Waals surface area contributed by atoms with Crippen LogP contribution < -0.4 is 11.1 Å². The quantitative estimate of drug-likeness (QED) is 0.858. The molecule has 0 radical (unpaired) electrons. The number of nitrogen functional groups attached to an aromatic ring is 1. The van der Waals surface area contributed by atoms with Crippen LogP contribution >= 0.6 is 0 Å². The standard InChI is InChI=1S/C19H23N3O3S/c1-13-5-6-14(2)16(11-13)26(24,25)19(9-3-4-10-19)18(23)22-15-7-8-17(20)21-12-15/h5-8,11-12H,3-4,9-10H2,1-2H3,(H2,20,21)(H,22,23). The highest BCUT2D eigenvalue weighted by Crippen LogP contribution is 2.42. The number of sulfone groups is 1. The number of aryl methyl sites for hydroxylation is 2. The lowest BCUT2D eigenvalue weighted by Crippen LogP contribution is -2.47. The van der Waals surface area contributed by atoms with Crippen LogP contribution in [0.1, 0.15) is 36.8 Å². The van der Waals surface area contributed by atoms with Crippen LogP contribution in [0.15, 0.2) is 41.4 Å².